The molecule has 138 valence electrons. The second kappa shape index (κ2) is 10.1. The molecule has 0 spiro atoms. The van der Waals surface area contributed by atoms with Crippen LogP contribution in [0, 0.1) is 0 Å². The monoisotopic (exact) mass is 356 g/mol. The molecule has 26 heavy (non-hydrogen) atoms. The van der Waals surface area contributed by atoms with Crippen LogP contribution in [-0.4, -0.2) is 25.0 Å². The van der Waals surface area contributed by atoms with Crippen LogP contribution in [0.25, 0.3) is 0 Å². The van der Waals surface area contributed by atoms with Crippen LogP contribution in [-0.2, 0) is 9.59 Å². The number of carbonyl (C=O) groups excluding carboxylic acids is 2. The summed E-state index contributed by atoms with van der Waals surface area (Å²) in [6.45, 7) is 4.35. The summed E-state index contributed by atoms with van der Waals surface area (Å²) in [5.74, 6) is 1.12. The summed E-state index contributed by atoms with van der Waals surface area (Å²) in [7, 11) is 0. The molecule has 6 nitrogen and oxygen atoms in total. The first kappa shape index (κ1) is 19.3. The molecule has 0 radical (unpaired) electrons. The molecule has 0 unspecified atom stereocenters. The molecule has 0 atom stereocenters. The number of amides is 2. The molecular weight excluding hydrogens is 332 g/mol. The Hall–Kier alpha value is -3.02. The van der Waals surface area contributed by atoms with Crippen molar-refractivity contribution in [2.45, 2.75) is 26.7 Å². The molecule has 0 aliphatic carbocycles. The summed E-state index contributed by atoms with van der Waals surface area (Å²) >= 11 is 0. The van der Waals surface area contributed by atoms with Gasteiger partial charge in [-0.05, 0) is 43.7 Å². The van der Waals surface area contributed by atoms with Gasteiger partial charge in [-0.25, -0.2) is 0 Å². The molecule has 0 bridgehead atoms. The summed E-state index contributed by atoms with van der Waals surface area (Å²) in [6, 6.07) is 14.5. The molecule has 0 aliphatic heterocycles. The van der Waals surface area contributed by atoms with Gasteiger partial charge in [0.05, 0.1) is 13.2 Å². The van der Waals surface area contributed by atoms with E-state index in [9.17, 15) is 9.59 Å². The molecule has 2 aromatic rings. The van der Waals surface area contributed by atoms with Gasteiger partial charge >= 0.3 is 0 Å². The maximum atomic E-state index is 12.0. The number of rotatable bonds is 9. The van der Waals surface area contributed by atoms with E-state index in [1.807, 2.05) is 31.2 Å². The second-order valence-corrected chi connectivity index (χ2v) is 5.64. The summed E-state index contributed by atoms with van der Waals surface area (Å²) in [6.07, 6.45) is 0.916. The highest BCUT2D eigenvalue weighted by atomic mass is 16.5. The van der Waals surface area contributed by atoms with E-state index in [2.05, 4.69) is 10.6 Å². The molecular formula is C20H24N2O4. The highest BCUT2D eigenvalue weighted by Crippen LogP contribution is 2.26. The van der Waals surface area contributed by atoms with Gasteiger partial charge < -0.3 is 20.1 Å². The quantitative estimate of drug-likeness (QED) is 0.669. The Morgan fingerprint density at radius 2 is 1.58 bits per heavy atom. The maximum absolute atomic E-state index is 12.0. The third-order valence-corrected chi connectivity index (χ3v) is 3.42. The van der Waals surface area contributed by atoms with E-state index in [0.717, 1.165) is 0 Å². The van der Waals surface area contributed by atoms with Gasteiger partial charge in [0, 0.05) is 24.7 Å². The van der Waals surface area contributed by atoms with E-state index in [1.54, 1.807) is 24.3 Å². The number of carbonyl (C=O) groups is 2. The summed E-state index contributed by atoms with van der Waals surface area (Å²) in [4.78, 5) is 23.1. The van der Waals surface area contributed by atoms with Crippen molar-refractivity contribution < 1.29 is 19.1 Å². The fraction of sp³-hybridized carbons (Fsp3) is 0.300. The largest absolute Gasteiger partial charge is 0.490 e. The summed E-state index contributed by atoms with van der Waals surface area (Å²) in [5.41, 5.74) is 1.29. The molecule has 2 aromatic carbocycles. The number of ether oxygens (including phenoxy) is 2. The van der Waals surface area contributed by atoms with Crippen molar-refractivity contribution in [2.75, 3.05) is 23.8 Å². The lowest BCUT2D eigenvalue weighted by atomic mass is 10.2. The lowest BCUT2D eigenvalue weighted by Crippen LogP contribution is -2.13. The number of hydrogen-bond donors (Lipinski definition) is 2. The lowest BCUT2D eigenvalue weighted by molar-refractivity contribution is -0.116. The molecule has 0 fully saturated rings. The average molecular weight is 356 g/mol. The molecule has 6 heteroatoms. The number of nitrogens with one attached hydrogen (secondary N) is 2. The second-order valence-electron chi connectivity index (χ2n) is 5.64. The third-order valence-electron chi connectivity index (χ3n) is 3.42. The molecule has 0 aromatic heterocycles. The minimum absolute atomic E-state index is 0.105. The van der Waals surface area contributed by atoms with Gasteiger partial charge in [-0.1, -0.05) is 18.2 Å². The van der Waals surface area contributed by atoms with Gasteiger partial charge in [0.1, 0.15) is 0 Å². The molecule has 0 heterocycles. The van der Waals surface area contributed by atoms with E-state index in [0.29, 0.717) is 48.9 Å². The maximum Gasteiger partial charge on any atom is 0.224 e. The molecule has 0 saturated heterocycles. The van der Waals surface area contributed by atoms with E-state index in [1.165, 1.54) is 6.92 Å². The highest BCUT2D eigenvalue weighted by molar-refractivity contribution is 5.93. The normalized spacial score (nSPS) is 10.1. The predicted octanol–water partition coefficient (Wildman–Crippen LogP) is 3.84. The van der Waals surface area contributed by atoms with E-state index < -0.39 is 0 Å². The average Bonchev–Trinajstić information content (AvgIpc) is 2.60. The number of benzene rings is 2. The lowest BCUT2D eigenvalue weighted by Gasteiger charge is -2.11. The Morgan fingerprint density at radius 3 is 2.23 bits per heavy atom. The molecule has 2 rings (SSSR count). The number of para-hydroxylation sites is 2. The zero-order chi connectivity index (χ0) is 18.8. The van der Waals surface area contributed by atoms with Crippen LogP contribution in [0.2, 0.25) is 0 Å². The van der Waals surface area contributed by atoms with Crippen LogP contribution in [0.5, 0.6) is 11.5 Å². The SMILES string of the molecule is CCOc1ccccc1OCCCC(=O)Nc1cccc(NC(C)=O)c1. The van der Waals surface area contributed by atoms with Gasteiger partial charge in [0.15, 0.2) is 11.5 Å². The van der Waals surface area contributed by atoms with Crippen LogP contribution >= 0.6 is 0 Å². The standard InChI is InChI=1S/C20H24N2O4/c1-3-25-18-10-4-5-11-19(18)26-13-7-12-20(24)22-17-9-6-8-16(14-17)21-15(2)23/h4-6,8-11,14H,3,7,12-13H2,1-2H3,(H,21,23)(H,22,24). The van der Waals surface area contributed by atoms with Gasteiger partial charge in [0.2, 0.25) is 11.8 Å². The van der Waals surface area contributed by atoms with E-state index >= 15 is 0 Å². The van der Waals surface area contributed by atoms with Gasteiger partial charge in [-0.3, -0.25) is 9.59 Å². The van der Waals surface area contributed by atoms with Crippen molar-refractivity contribution in [1.82, 2.24) is 0 Å². The van der Waals surface area contributed by atoms with Crippen molar-refractivity contribution >= 4 is 23.2 Å². The van der Waals surface area contributed by atoms with Crippen molar-refractivity contribution in [1.29, 1.82) is 0 Å². The van der Waals surface area contributed by atoms with Crippen LogP contribution < -0.4 is 20.1 Å². The topological polar surface area (TPSA) is 76.7 Å². The summed E-state index contributed by atoms with van der Waals surface area (Å²) < 4.78 is 11.2. The molecule has 0 saturated carbocycles. The number of hydrogen-bond acceptors (Lipinski definition) is 4. The van der Waals surface area contributed by atoms with Crippen molar-refractivity contribution in [3.63, 3.8) is 0 Å². The fourth-order valence-electron chi connectivity index (χ4n) is 2.36. The van der Waals surface area contributed by atoms with Crippen LogP contribution in [0.15, 0.2) is 48.5 Å². The molecule has 0 aliphatic rings. The van der Waals surface area contributed by atoms with Gasteiger partial charge in [-0.15, -0.1) is 0 Å². The van der Waals surface area contributed by atoms with Crippen molar-refractivity contribution in [2.24, 2.45) is 0 Å². The van der Waals surface area contributed by atoms with Crippen LogP contribution in [0.4, 0.5) is 11.4 Å². The van der Waals surface area contributed by atoms with Crippen molar-refractivity contribution in [3.05, 3.63) is 48.5 Å². The Bertz CT molecular complexity index is 746. The van der Waals surface area contributed by atoms with Crippen LogP contribution in [0.1, 0.15) is 26.7 Å². The molecule has 2 amide bonds. The predicted molar refractivity (Wildman–Crippen MR) is 102 cm³/mol. The third kappa shape index (κ3) is 6.47. The number of anilines is 2. The Morgan fingerprint density at radius 1 is 0.923 bits per heavy atom. The van der Waals surface area contributed by atoms with E-state index in [-0.39, 0.29) is 11.8 Å². The first-order valence-electron chi connectivity index (χ1n) is 8.60. The smallest absolute Gasteiger partial charge is 0.224 e. The van der Waals surface area contributed by atoms with Crippen LogP contribution in [0.3, 0.4) is 0 Å². The zero-order valence-electron chi connectivity index (χ0n) is 15.1. The first-order valence-corrected chi connectivity index (χ1v) is 8.60. The van der Waals surface area contributed by atoms with Gasteiger partial charge in [-0.2, -0.15) is 0 Å². The highest BCUT2D eigenvalue weighted by Gasteiger charge is 2.06. The Kier molecular flexibility index (Phi) is 7.49. The first-order chi connectivity index (χ1) is 12.6. The Labute approximate surface area is 153 Å². The minimum atomic E-state index is -0.155. The minimum Gasteiger partial charge on any atom is -0.490 e. The molecule has 2 N–H and O–H groups in total. The Balaban J connectivity index is 1.76. The fourth-order valence-corrected chi connectivity index (χ4v) is 2.36. The van der Waals surface area contributed by atoms with E-state index in [4.69, 9.17) is 9.47 Å². The summed E-state index contributed by atoms with van der Waals surface area (Å²) in [5, 5.41) is 5.50. The zero-order valence-corrected chi connectivity index (χ0v) is 15.1. The van der Waals surface area contributed by atoms with Crippen molar-refractivity contribution in [3.8, 4) is 11.5 Å². The van der Waals surface area contributed by atoms with Gasteiger partial charge in [0.25, 0.3) is 0 Å².